The van der Waals surface area contributed by atoms with E-state index in [9.17, 15) is 4.79 Å². The highest BCUT2D eigenvalue weighted by molar-refractivity contribution is 5.82. The zero-order chi connectivity index (χ0) is 14.9. The summed E-state index contributed by atoms with van der Waals surface area (Å²) in [6, 6.07) is 0.648. The molecular formula is C17H32N2O. The summed E-state index contributed by atoms with van der Waals surface area (Å²) >= 11 is 0. The van der Waals surface area contributed by atoms with E-state index < -0.39 is 0 Å². The minimum Gasteiger partial charge on any atom is -0.305 e. The Kier molecular flexibility index (Phi) is 5.25. The first-order valence-corrected chi connectivity index (χ1v) is 8.30. The number of ketones is 1. The second-order valence-electron chi connectivity index (χ2n) is 7.67. The zero-order valence-electron chi connectivity index (χ0n) is 13.9. The van der Waals surface area contributed by atoms with E-state index in [1.807, 2.05) is 0 Å². The molecule has 2 rings (SSSR count). The Morgan fingerprint density at radius 3 is 2.55 bits per heavy atom. The van der Waals surface area contributed by atoms with Gasteiger partial charge in [0.1, 0.15) is 5.78 Å². The van der Waals surface area contributed by atoms with E-state index >= 15 is 0 Å². The van der Waals surface area contributed by atoms with Gasteiger partial charge in [-0.05, 0) is 44.7 Å². The van der Waals surface area contributed by atoms with Crippen LogP contribution in [0.1, 0.15) is 40.0 Å². The summed E-state index contributed by atoms with van der Waals surface area (Å²) in [6.07, 6.45) is 3.05. The SMILES string of the molecule is CC(C)C1CCC(=O)C(CN2CC(C)C(N(C)C)C2)C1. The molecule has 0 aromatic carbocycles. The van der Waals surface area contributed by atoms with E-state index in [2.05, 4.69) is 44.7 Å². The van der Waals surface area contributed by atoms with Crippen molar-refractivity contribution in [3.05, 3.63) is 0 Å². The molecule has 1 saturated heterocycles. The van der Waals surface area contributed by atoms with E-state index in [-0.39, 0.29) is 0 Å². The molecule has 2 aliphatic rings. The third kappa shape index (κ3) is 3.62. The molecule has 3 heteroatoms. The fraction of sp³-hybridized carbons (Fsp3) is 0.941. The van der Waals surface area contributed by atoms with Gasteiger partial charge in [-0.2, -0.15) is 0 Å². The quantitative estimate of drug-likeness (QED) is 0.790. The van der Waals surface area contributed by atoms with Crippen molar-refractivity contribution in [2.24, 2.45) is 23.7 Å². The molecule has 0 bridgehead atoms. The molecule has 1 aliphatic carbocycles. The average molecular weight is 280 g/mol. The molecule has 1 saturated carbocycles. The van der Waals surface area contributed by atoms with Crippen LogP contribution in [-0.2, 0) is 4.79 Å². The molecule has 0 aromatic rings. The van der Waals surface area contributed by atoms with E-state index in [4.69, 9.17) is 0 Å². The fourth-order valence-corrected chi connectivity index (χ4v) is 4.11. The van der Waals surface area contributed by atoms with Crippen LogP contribution in [0.3, 0.4) is 0 Å². The minimum absolute atomic E-state index is 0.296. The Balaban J connectivity index is 1.90. The zero-order valence-corrected chi connectivity index (χ0v) is 13.9. The minimum atomic E-state index is 0.296. The molecule has 116 valence electrons. The summed E-state index contributed by atoms with van der Waals surface area (Å²) in [5.41, 5.74) is 0. The number of likely N-dealkylation sites (N-methyl/N-ethyl adjacent to an activating group) is 1. The Morgan fingerprint density at radius 2 is 2.00 bits per heavy atom. The Bertz CT molecular complexity index is 340. The first-order chi connectivity index (χ1) is 9.38. The molecule has 4 unspecified atom stereocenters. The smallest absolute Gasteiger partial charge is 0.137 e. The Hall–Kier alpha value is -0.410. The normalized spacial score (nSPS) is 36.2. The molecule has 1 aliphatic heterocycles. The van der Waals surface area contributed by atoms with Gasteiger partial charge in [-0.1, -0.05) is 20.8 Å². The number of carbonyl (C=O) groups is 1. The molecule has 1 heterocycles. The monoisotopic (exact) mass is 280 g/mol. The van der Waals surface area contributed by atoms with E-state index in [1.54, 1.807) is 0 Å². The average Bonchev–Trinajstić information content (AvgIpc) is 2.73. The molecule has 0 radical (unpaired) electrons. The lowest BCUT2D eigenvalue weighted by molar-refractivity contribution is -0.126. The maximum absolute atomic E-state index is 12.2. The predicted molar refractivity (Wildman–Crippen MR) is 83.8 cm³/mol. The van der Waals surface area contributed by atoms with Crippen LogP contribution in [-0.4, -0.2) is 55.4 Å². The van der Waals surface area contributed by atoms with Crippen molar-refractivity contribution < 1.29 is 4.79 Å². The molecule has 20 heavy (non-hydrogen) atoms. The highest BCUT2D eigenvalue weighted by Gasteiger charge is 2.36. The Morgan fingerprint density at radius 1 is 1.30 bits per heavy atom. The van der Waals surface area contributed by atoms with Crippen LogP contribution in [0.2, 0.25) is 0 Å². The molecule has 2 fully saturated rings. The summed E-state index contributed by atoms with van der Waals surface area (Å²) in [4.78, 5) is 17.1. The van der Waals surface area contributed by atoms with Crippen LogP contribution in [0.4, 0.5) is 0 Å². The molecular weight excluding hydrogens is 248 g/mol. The summed E-state index contributed by atoms with van der Waals surface area (Å²) in [5.74, 6) is 3.00. The molecule has 3 nitrogen and oxygen atoms in total. The van der Waals surface area contributed by atoms with Gasteiger partial charge in [0.25, 0.3) is 0 Å². The van der Waals surface area contributed by atoms with Crippen LogP contribution in [0.25, 0.3) is 0 Å². The van der Waals surface area contributed by atoms with Gasteiger partial charge in [-0.15, -0.1) is 0 Å². The molecule has 4 atom stereocenters. The molecule has 0 N–H and O–H groups in total. The van der Waals surface area contributed by atoms with Crippen molar-refractivity contribution >= 4 is 5.78 Å². The number of carbonyl (C=O) groups excluding carboxylic acids is 1. The second kappa shape index (κ2) is 6.57. The molecule has 0 spiro atoms. The third-order valence-corrected chi connectivity index (χ3v) is 5.54. The molecule has 0 amide bonds. The van der Waals surface area contributed by atoms with Crippen molar-refractivity contribution in [2.45, 2.75) is 46.1 Å². The third-order valence-electron chi connectivity index (χ3n) is 5.54. The maximum atomic E-state index is 12.2. The van der Waals surface area contributed by atoms with Crippen molar-refractivity contribution in [1.29, 1.82) is 0 Å². The van der Waals surface area contributed by atoms with Gasteiger partial charge in [0.15, 0.2) is 0 Å². The lowest BCUT2D eigenvalue weighted by Crippen LogP contribution is -2.38. The summed E-state index contributed by atoms with van der Waals surface area (Å²) in [5, 5.41) is 0. The lowest BCUT2D eigenvalue weighted by Gasteiger charge is -2.33. The van der Waals surface area contributed by atoms with Crippen molar-refractivity contribution in [2.75, 3.05) is 33.7 Å². The van der Waals surface area contributed by atoms with Gasteiger partial charge in [-0.25, -0.2) is 0 Å². The molecule has 0 aromatic heterocycles. The predicted octanol–water partition coefficient (Wildman–Crippen LogP) is 2.51. The van der Waals surface area contributed by atoms with Crippen LogP contribution >= 0.6 is 0 Å². The Labute approximate surface area is 124 Å². The van der Waals surface area contributed by atoms with E-state index in [0.29, 0.717) is 23.7 Å². The number of nitrogens with zero attached hydrogens (tertiary/aromatic N) is 2. The number of hydrogen-bond acceptors (Lipinski definition) is 3. The van der Waals surface area contributed by atoms with E-state index in [1.165, 1.54) is 0 Å². The van der Waals surface area contributed by atoms with Crippen molar-refractivity contribution in [3.63, 3.8) is 0 Å². The van der Waals surface area contributed by atoms with Crippen LogP contribution in [0.15, 0.2) is 0 Å². The maximum Gasteiger partial charge on any atom is 0.137 e. The fourth-order valence-electron chi connectivity index (χ4n) is 4.11. The van der Waals surface area contributed by atoms with Gasteiger partial charge >= 0.3 is 0 Å². The number of likely N-dealkylation sites (tertiary alicyclic amines) is 1. The second-order valence-corrected chi connectivity index (χ2v) is 7.67. The first-order valence-electron chi connectivity index (χ1n) is 8.30. The largest absolute Gasteiger partial charge is 0.305 e. The van der Waals surface area contributed by atoms with Gasteiger partial charge in [-0.3, -0.25) is 4.79 Å². The summed E-state index contributed by atoms with van der Waals surface area (Å²) < 4.78 is 0. The van der Waals surface area contributed by atoms with Gasteiger partial charge in [0, 0.05) is 38.0 Å². The van der Waals surface area contributed by atoms with Crippen LogP contribution in [0.5, 0.6) is 0 Å². The number of hydrogen-bond donors (Lipinski definition) is 0. The topological polar surface area (TPSA) is 23.6 Å². The van der Waals surface area contributed by atoms with Crippen molar-refractivity contribution in [3.8, 4) is 0 Å². The number of rotatable bonds is 4. The lowest BCUT2D eigenvalue weighted by atomic mass is 9.75. The van der Waals surface area contributed by atoms with Crippen LogP contribution in [0, 0.1) is 23.7 Å². The van der Waals surface area contributed by atoms with E-state index in [0.717, 1.165) is 50.7 Å². The van der Waals surface area contributed by atoms with Gasteiger partial charge in [0.05, 0.1) is 0 Å². The standard InChI is InChI=1S/C17H32N2O/c1-12(2)14-6-7-17(20)15(8-14)10-19-9-13(3)16(11-19)18(4)5/h12-16H,6-11H2,1-5H3. The highest BCUT2D eigenvalue weighted by Crippen LogP contribution is 2.33. The van der Waals surface area contributed by atoms with Gasteiger partial charge in [0.2, 0.25) is 0 Å². The van der Waals surface area contributed by atoms with Crippen LogP contribution < -0.4 is 0 Å². The number of Topliss-reactive ketones (excluding diaryl/α,β-unsaturated/α-hetero) is 1. The summed E-state index contributed by atoms with van der Waals surface area (Å²) in [6.45, 7) is 10.2. The van der Waals surface area contributed by atoms with Crippen molar-refractivity contribution in [1.82, 2.24) is 9.80 Å². The first kappa shape index (κ1) is 16.0. The van der Waals surface area contributed by atoms with Gasteiger partial charge < -0.3 is 9.80 Å². The summed E-state index contributed by atoms with van der Waals surface area (Å²) in [7, 11) is 4.34. The highest BCUT2D eigenvalue weighted by atomic mass is 16.1.